The van der Waals surface area contributed by atoms with Gasteiger partial charge in [0.2, 0.25) is 10.0 Å². The maximum atomic E-state index is 12.3. The van der Waals surface area contributed by atoms with E-state index in [9.17, 15) is 18.5 Å². The summed E-state index contributed by atoms with van der Waals surface area (Å²) in [7, 11) is -3.94. The van der Waals surface area contributed by atoms with Crippen molar-refractivity contribution in [3.8, 4) is 0 Å². The number of sulfonamides is 1. The van der Waals surface area contributed by atoms with E-state index < -0.39 is 20.6 Å². The lowest BCUT2D eigenvalue weighted by molar-refractivity contribution is -0.387. The van der Waals surface area contributed by atoms with Crippen molar-refractivity contribution in [3.63, 3.8) is 0 Å². The third-order valence-corrected chi connectivity index (χ3v) is 4.99. The number of anilines is 1. The fraction of sp³-hybridized carbons (Fsp3) is 0.500. The lowest BCUT2D eigenvalue weighted by Gasteiger charge is -2.14. The van der Waals surface area contributed by atoms with Crippen LogP contribution in [0.2, 0.25) is 0 Å². The zero-order valence-electron chi connectivity index (χ0n) is 11.6. The minimum absolute atomic E-state index is 0.255. The molecule has 0 bridgehead atoms. The van der Waals surface area contributed by atoms with Crippen LogP contribution in [0.15, 0.2) is 23.1 Å². The number of hydrazine groups is 1. The van der Waals surface area contributed by atoms with Gasteiger partial charge in [0.25, 0.3) is 5.69 Å². The fourth-order valence-electron chi connectivity index (χ4n) is 2.21. The SMILES string of the molecule is CC(CC1CC1)NS(=O)(=O)c1ccc(NN)cc1[N+](=O)[O-]. The molecule has 4 N–H and O–H groups in total. The average molecular weight is 314 g/mol. The minimum Gasteiger partial charge on any atom is -0.324 e. The maximum absolute atomic E-state index is 12.3. The molecular formula is C12H18N4O4S. The second-order valence-corrected chi connectivity index (χ2v) is 6.97. The van der Waals surface area contributed by atoms with Gasteiger partial charge in [-0.3, -0.25) is 16.0 Å². The van der Waals surface area contributed by atoms with Crippen molar-refractivity contribution in [1.82, 2.24) is 4.72 Å². The molecule has 1 fully saturated rings. The number of nitro groups is 1. The molecule has 116 valence electrons. The first-order valence-electron chi connectivity index (χ1n) is 6.61. The molecule has 0 spiro atoms. The molecule has 1 saturated carbocycles. The number of rotatable bonds is 7. The Bertz CT molecular complexity index is 643. The van der Waals surface area contributed by atoms with Crippen LogP contribution in [0.5, 0.6) is 0 Å². The first-order valence-corrected chi connectivity index (χ1v) is 8.09. The number of hydrogen-bond acceptors (Lipinski definition) is 6. The molecule has 0 amide bonds. The molecule has 21 heavy (non-hydrogen) atoms. The molecule has 1 aromatic rings. The molecule has 0 aromatic heterocycles. The van der Waals surface area contributed by atoms with Crippen molar-refractivity contribution in [1.29, 1.82) is 0 Å². The quantitative estimate of drug-likeness (QED) is 0.396. The van der Waals surface area contributed by atoms with E-state index in [0.29, 0.717) is 5.92 Å². The van der Waals surface area contributed by atoms with Gasteiger partial charge in [-0.05, 0) is 31.4 Å². The highest BCUT2D eigenvalue weighted by molar-refractivity contribution is 7.89. The standard InChI is InChI=1S/C12H18N4O4S/c1-8(6-9-2-3-9)15-21(19,20)12-5-4-10(14-13)7-11(12)16(17)18/h4-5,7-9,14-15H,2-3,6,13H2,1H3. The Balaban J connectivity index is 2.27. The molecule has 0 heterocycles. The van der Waals surface area contributed by atoms with E-state index in [4.69, 9.17) is 5.84 Å². The topological polar surface area (TPSA) is 127 Å². The summed E-state index contributed by atoms with van der Waals surface area (Å²) < 4.78 is 27.1. The van der Waals surface area contributed by atoms with E-state index in [1.54, 1.807) is 6.92 Å². The van der Waals surface area contributed by atoms with Gasteiger partial charge in [0.05, 0.1) is 10.6 Å². The Hall–Kier alpha value is -1.71. The van der Waals surface area contributed by atoms with Gasteiger partial charge >= 0.3 is 0 Å². The number of nitrogens with zero attached hydrogens (tertiary/aromatic N) is 1. The number of benzene rings is 1. The number of nitro benzene ring substituents is 1. The summed E-state index contributed by atoms with van der Waals surface area (Å²) in [4.78, 5) is 9.97. The van der Waals surface area contributed by atoms with Crippen molar-refractivity contribution in [2.75, 3.05) is 5.43 Å². The molecule has 1 aliphatic carbocycles. The Labute approximate surface area is 122 Å². The second kappa shape index (κ2) is 5.96. The smallest absolute Gasteiger partial charge is 0.291 e. The first kappa shape index (κ1) is 15.7. The summed E-state index contributed by atoms with van der Waals surface area (Å²) in [5.41, 5.74) is 2.02. The summed E-state index contributed by atoms with van der Waals surface area (Å²) in [5.74, 6) is 5.74. The predicted octanol–water partition coefficient (Wildman–Crippen LogP) is 1.35. The van der Waals surface area contributed by atoms with Crippen LogP contribution in [-0.2, 0) is 10.0 Å². The summed E-state index contributed by atoms with van der Waals surface area (Å²) in [6.07, 6.45) is 2.97. The van der Waals surface area contributed by atoms with Gasteiger partial charge in [-0.25, -0.2) is 13.1 Å². The predicted molar refractivity (Wildman–Crippen MR) is 78.0 cm³/mol. The van der Waals surface area contributed by atoms with E-state index in [1.165, 1.54) is 12.1 Å². The van der Waals surface area contributed by atoms with Crippen LogP contribution in [0.25, 0.3) is 0 Å². The maximum Gasteiger partial charge on any atom is 0.291 e. The number of hydrogen-bond donors (Lipinski definition) is 3. The zero-order chi connectivity index (χ0) is 15.6. The van der Waals surface area contributed by atoms with E-state index in [-0.39, 0.29) is 16.6 Å². The van der Waals surface area contributed by atoms with Gasteiger partial charge in [0.15, 0.2) is 4.90 Å². The Morgan fingerprint density at radius 3 is 2.67 bits per heavy atom. The highest BCUT2D eigenvalue weighted by Gasteiger charge is 2.30. The van der Waals surface area contributed by atoms with Crippen LogP contribution >= 0.6 is 0 Å². The van der Waals surface area contributed by atoms with E-state index in [1.807, 2.05) is 0 Å². The van der Waals surface area contributed by atoms with E-state index in [0.717, 1.165) is 25.3 Å². The van der Waals surface area contributed by atoms with Crippen LogP contribution in [0, 0.1) is 16.0 Å². The van der Waals surface area contributed by atoms with Gasteiger partial charge < -0.3 is 5.43 Å². The molecule has 1 aromatic carbocycles. The Kier molecular flexibility index (Phi) is 4.45. The monoisotopic (exact) mass is 314 g/mol. The van der Waals surface area contributed by atoms with Crippen molar-refractivity contribution >= 4 is 21.4 Å². The first-order chi connectivity index (χ1) is 9.83. The van der Waals surface area contributed by atoms with Crippen LogP contribution in [-0.4, -0.2) is 19.4 Å². The third-order valence-electron chi connectivity index (χ3n) is 3.35. The van der Waals surface area contributed by atoms with Crippen molar-refractivity contribution in [2.45, 2.75) is 37.1 Å². The highest BCUT2D eigenvalue weighted by atomic mass is 32.2. The Morgan fingerprint density at radius 1 is 1.48 bits per heavy atom. The highest BCUT2D eigenvalue weighted by Crippen LogP contribution is 2.34. The molecule has 0 saturated heterocycles. The van der Waals surface area contributed by atoms with Crippen molar-refractivity contribution < 1.29 is 13.3 Å². The fourth-order valence-corrected chi connectivity index (χ4v) is 3.62. The molecule has 2 rings (SSSR count). The summed E-state index contributed by atoms with van der Waals surface area (Å²) >= 11 is 0. The second-order valence-electron chi connectivity index (χ2n) is 5.29. The van der Waals surface area contributed by atoms with Crippen molar-refractivity contribution in [3.05, 3.63) is 28.3 Å². The van der Waals surface area contributed by atoms with Crippen LogP contribution in [0.1, 0.15) is 26.2 Å². The van der Waals surface area contributed by atoms with Gasteiger partial charge in [-0.15, -0.1) is 0 Å². The van der Waals surface area contributed by atoms with E-state index >= 15 is 0 Å². The lowest BCUT2D eigenvalue weighted by atomic mass is 10.2. The largest absolute Gasteiger partial charge is 0.324 e. The van der Waals surface area contributed by atoms with Crippen LogP contribution in [0.4, 0.5) is 11.4 Å². The van der Waals surface area contributed by atoms with Gasteiger partial charge in [-0.1, -0.05) is 12.8 Å². The van der Waals surface area contributed by atoms with Crippen LogP contribution in [0.3, 0.4) is 0 Å². The van der Waals surface area contributed by atoms with Crippen LogP contribution < -0.4 is 16.0 Å². The molecule has 1 unspecified atom stereocenters. The Morgan fingerprint density at radius 2 is 2.14 bits per heavy atom. The zero-order valence-corrected chi connectivity index (χ0v) is 12.4. The number of nitrogens with one attached hydrogen (secondary N) is 2. The van der Waals surface area contributed by atoms with Crippen molar-refractivity contribution in [2.24, 2.45) is 11.8 Å². The number of nitrogens with two attached hydrogens (primary N) is 1. The molecule has 0 aliphatic heterocycles. The van der Waals surface area contributed by atoms with Gasteiger partial charge in [-0.2, -0.15) is 0 Å². The molecule has 0 radical (unpaired) electrons. The number of nitrogen functional groups attached to an aromatic ring is 1. The molecule has 1 aliphatic rings. The molecule has 8 nitrogen and oxygen atoms in total. The third kappa shape index (κ3) is 3.90. The van der Waals surface area contributed by atoms with E-state index in [2.05, 4.69) is 10.1 Å². The van der Waals surface area contributed by atoms with Gasteiger partial charge in [0.1, 0.15) is 0 Å². The summed E-state index contributed by atoms with van der Waals surface area (Å²) in [5, 5.41) is 11.1. The molecular weight excluding hydrogens is 296 g/mol. The minimum atomic E-state index is -3.94. The molecule has 9 heteroatoms. The van der Waals surface area contributed by atoms with Gasteiger partial charge in [0, 0.05) is 12.1 Å². The summed E-state index contributed by atoms with van der Waals surface area (Å²) in [6, 6.07) is 3.40. The lowest BCUT2D eigenvalue weighted by Crippen LogP contribution is -2.33. The average Bonchev–Trinajstić information content (AvgIpc) is 3.20. The normalized spacial score (nSPS) is 16.5. The molecule has 1 atom stereocenters. The summed E-state index contributed by atoms with van der Waals surface area (Å²) in [6.45, 7) is 1.76.